The van der Waals surface area contributed by atoms with Crippen LogP contribution >= 0.6 is 15.9 Å². The molecule has 0 bridgehead atoms. The lowest BCUT2D eigenvalue weighted by Crippen LogP contribution is -2.16. The van der Waals surface area contributed by atoms with Gasteiger partial charge in [0, 0.05) is 17.7 Å². The molecule has 0 amide bonds. The zero-order chi connectivity index (χ0) is 12.7. The number of hydrogen-bond donors (Lipinski definition) is 0. The normalized spacial score (nSPS) is 11.9. The molecular formula is C14H19BrN2. The maximum atomic E-state index is 4.14. The van der Waals surface area contributed by atoms with Gasteiger partial charge in [0.05, 0.1) is 5.69 Å². The molecule has 0 saturated carbocycles. The Kier molecular flexibility index (Phi) is 5.98. The summed E-state index contributed by atoms with van der Waals surface area (Å²) in [6.45, 7) is 7.98. The van der Waals surface area contributed by atoms with Gasteiger partial charge in [-0.2, -0.15) is 5.10 Å². The fourth-order valence-corrected chi connectivity index (χ4v) is 2.41. The van der Waals surface area contributed by atoms with Gasteiger partial charge in [-0.1, -0.05) is 46.6 Å². The number of hydrazone groups is 1. The summed E-state index contributed by atoms with van der Waals surface area (Å²) in [5.41, 5.74) is 3.64. The van der Waals surface area contributed by atoms with Crippen molar-refractivity contribution in [2.45, 2.75) is 26.7 Å². The maximum absolute atomic E-state index is 4.14. The smallest absolute Gasteiger partial charge is 0.0648 e. The first-order chi connectivity index (χ1) is 8.24. The zero-order valence-corrected chi connectivity index (χ0v) is 12.1. The van der Waals surface area contributed by atoms with Gasteiger partial charge in [0.15, 0.2) is 0 Å². The van der Waals surface area contributed by atoms with Crippen molar-refractivity contribution in [1.82, 2.24) is 0 Å². The van der Waals surface area contributed by atoms with Gasteiger partial charge in [-0.3, -0.25) is 0 Å². The standard InChI is InChI=1S/C14H19BrN2/c1-4-14(12(2)10-11-15)17(16-3)13-8-6-5-7-9-13/h5-9H,3-4,10-11H2,1-2H3. The number of para-hydroxylation sites is 1. The number of rotatable bonds is 6. The summed E-state index contributed by atoms with van der Waals surface area (Å²) in [7, 11) is 0. The third kappa shape index (κ3) is 3.70. The summed E-state index contributed by atoms with van der Waals surface area (Å²) < 4.78 is 0. The second kappa shape index (κ2) is 7.28. The van der Waals surface area contributed by atoms with Crippen LogP contribution in [0.5, 0.6) is 0 Å². The molecule has 3 heteroatoms. The molecule has 0 fully saturated rings. The predicted molar refractivity (Wildman–Crippen MR) is 79.9 cm³/mol. The monoisotopic (exact) mass is 294 g/mol. The van der Waals surface area contributed by atoms with E-state index in [1.807, 2.05) is 35.3 Å². The first-order valence-corrected chi connectivity index (χ1v) is 6.93. The molecule has 1 aromatic rings. The van der Waals surface area contributed by atoms with Crippen molar-refractivity contribution in [3.8, 4) is 0 Å². The minimum Gasteiger partial charge on any atom is -0.239 e. The molecule has 0 aromatic heterocycles. The number of alkyl halides is 1. The first kappa shape index (κ1) is 14.0. The fourth-order valence-electron chi connectivity index (χ4n) is 1.81. The van der Waals surface area contributed by atoms with Crippen molar-refractivity contribution in [2.75, 3.05) is 10.3 Å². The molecule has 0 aliphatic carbocycles. The van der Waals surface area contributed by atoms with Crippen molar-refractivity contribution in [2.24, 2.45) is 5.10 Å². The van der Waals surface area contributed by atoms with E-state index in [4.69, 9.17) is 0 Å². The Balaban J connectivity index is 3.08. The molecule has 0 heterocycles. The average Bonchev–Trinajstić information content (AvgIpc) is 2.37. The lowest BCUT2D eigenvalue weighted by Gasteiger charge is -2.23. The second-order valence-electron chi connectivity index (χ2n) is 3.81. The van der Waals surface area contributed by atoms with Crippen molar-refractivity contribution in [1.29, 1.82) is 0 Å². The highest BCUT2D eigenvalue weighted by molar-refractivity contribution is 9.09. The highest BCUT2D eigenvalue weighted by atomic mass is 79.9. The Morgan fingerprint density at radius 1 is 1.35 bits per heavy atom. The Bertz CT molecular complexity index is 384. The Morgan fingerprint density at radius 2 is 2.00 bits per heavy atom. The van der Waals surface area contributed by atoms with Crippen LogP contribution in [0, 0.1) is 0 Å². The minimum absolute atomic E-state index is 0.951. The van der Waals surface area contributed by atoms with Gasteiger partial charge < -0.3 is 0 Å². The summed E-state index contributed by atoms with van der Waals surface area (Å²) in [4.78, 5) is 0. The van der Waals surface area contributed by atoms with Crippen molar-refractivity contribution in [3.63, 3.8) is 0 Å². The number of nitrogens with zero attached hydrogens (tertiary/aromatic N) is 2. The molecule has 0 spiro atoms. The van der Waals surface area contributed by atoms with Crippen LogP contribution in [0.2, 0.25) is 0 Å². The predicted octanol–water partition coefficient (Wildman–Crippen LogP) is 4.58. The largest absolute Gasteiger partial charge is 0.239 e. The van der Waals surface area contributed by atoms with E-state index in [2.05, 4.69) is 41.6 Å². The summed E-state index contributed by atoms with van der Waals surface area (Å²) in [5.74, 6) is 0. The van der Waals surface area contributed by atoms with Gasteiger partial charge in [0.1, 0.15) is 0 Å². The van der Waals surface area contributed by atoms with Crippen LogP contribution in [0.25, 0.3) is 0 Å². The van der Waals surface area contributed by atoms with E-state index in [-0.39, 0.29) is 0 Å². The van der Waals surface area contributed by atoms with E-state index >= 15 is 0 Å². The average molecular weight is 295 g/mol. The van der Waals surface area contributed by atoms with Crippen LogP contribution in [0.3, 0.4) is 0 Å². The molecule has 0 aliphatic heterocycles. The summed E-state index contributed by atoms with van der Waals surface area (Å²) in [5, 5.41) is 7.05. The van der Waals surface area contributed by atoms with E-state index in [1.165, 1.54) is 11.3 Å². The lowest BCUT2D eigenvalue weighted by molar-refractivity contribution is 0.880. The van der Waals surface area contributed by atoms with Crippen LogP contribution in [-0.4, -0.2) is 12.0 Å². The molecule has 0 unspecified atom stereocenters. The molecule has 0 radical (unpaired) electrons. The van der Waals surface area contributed by atoms with Gasteiger partial charge in [-0.15, -0.1) is 0 Å². The van der Waals surface area contributed by atoms with Gasteiger partial charge in [0.2, 0.25) is 0 Å². The number of anilines is 1. The van der Waals surface area contributed by atoms with Gasteiger partial charge in [-0.05, 0) is 31.9 Å². The molecule has 0 saturated heterocycles. The van der Waals surface area contributed by atoms with Crippen LogP contribution in [0.15, 0.2) is 46.7 Å². The Hall–Kier alpha value is -1.09. The second-order valence-corrected chi connectivity index (χ2v) is 4.60. The third-order valence-electron chi connectivity index (χ3n) is 2.69. The van der Waals surface area contributed by atoms with E-state index in [0.717, 1.165) is 23.9 Å². The zero-order valence-electron chi connectivity index (χ0n) is 10.5. The Labute approximate surface area is 112 Å². The van der Waals surface area contributed by atoms with E-state index in [0.29, 0.717) is 0 Å². The molecule has 1 rings (SSSR count). The molecule has 1 aromatic carbocycles. The SMILES string of the molecule is C=NN(C(CC)=C(C)CCBr)c1ccccc1. The topological polar surface area (TPSA) is 15.6 Å². The summed E-state index contributed by atoms with van der Waals surface area (Å²) in [6.07, 6.45) is 1.98. The number of hydrogen-bond acceptors (Lipinski definition) is 2. The molecule has 92 valence electrons. The minimum atomic E-state index is 0.951. The summed E-state index contributed by atoms with van der Waals surface area (Å²) >= 11 is 3.48. The van der Waals surface area contributed by atoms with Gasteiger partial charge >= 0.3 is 0 Å². The molecular weight excluding hydrogens is 276 g/mol. The Morgan fingerprint density at radius 3 is 2.47 bits per heavy atom. The van der Waals surface area contributed by atoms with Gasteiger partial charge in [0.25, 0.3) is 0 Å². The quantitative estimate of drug-likeness (QED) is 0.426. The van der Waals surface area contributed by atoms with Crippen molar-refractivity contribution >= 4 is 28.3 Å². The van der Waals surface area contributed by atoms with Crippen LogP contribution < -0.4 is 5.01 Å². The molecule has 2 nitrogen and oxygen atoms in total. The number of halogens is 1. The van der Waals surface area contributed by atoms with Crippen molar-refractivity contribution < 1.29 is 0 Å². The van der Waals surface area contributed by atoms with E-state index in [9.17, 15) is 0 Å². The van der Waals surface area contributed by atoms with Crippen LogP contribution in [0.4, 0.5) is 5.69 Å². The van der Waals surface area contributed by atoms with E-state index in [1.54, 1.807) is 0 Å². The van der Waals surface area contributed by atoms with Crippen LogP contribution in [0.1, 0.15) is 26.7 Å². The lowest BCUT2D eigenvalue weighted by atomic mass is 10.1. The molecule has 0 aliphatic rings. The highest BCUT2D eigenvalue weighted by Gasteiger charge is 2.11. The maximum Gasteiger partial charge on any atom is 0.0648 e. The fraction of sp³-hybridized carbons (Fsp3) is 0.357. The number of benzene rings is 1. The molecule has 17 heavy (non-hydrogen) atoms. The van der Waals surface area contributed by atoms with E-state index < -0.39 is 0 Å². The van der Waals surface area contributed by atoms with Crippen molar-refractivity contribution in [3.05, 3.63) is 41.6 Å². The molecule has 0 N–H and O–H groups in total. The molecule has 0 atom stereocenters. The highest BCUT2D eigenvalue weighted by Crippen LogP contribution is 2.24. The summed E-state index contributed by atoms with van der Waals surface area (Å²) in [6, 6.07) is 10.1. The van der Waals surface area contributed by atoms with Gasteiger partial charge in [-0.25, -0.2) is 5.01 Å². The first-order valence-electron chi connectivity index (χ1n) is 5.81. The third-order valence-corrected chi connectivity index (χ3v) is 3.09. The number of allylic oxidation sites excluding steroid dienone is 2. The van der Waals surface area contributed by atoms with Crippen LogP contribution in [-0.2, 0) is 0 Å².